The summed E-state index contributed by atoms with van der Waals surface area (Å²) in [5.41, 5.74) is 5.40. The molecule has 2 aliphatic rings. The minimum Gasteiger partial charge on any atom is -0.494 e. The number of piperidine rings is 1. The second kappa shape index (κ2) is 8.77. The first-order valence-electron chi connectivity index (χ1n) is 11.7. The number of aromatic nitrogens is 1. The van der Waals surface area contributed by atoms with Crippen LogP contribution in [0.25, 0.3) is 21.9 Å². The molecule has 3 heteroatoms. The van der Waals surface area contributed by atoms with Gasteiger partial charge in [0.05, 0.1) is 17.6 Å². The first-order valence-corrected chi connectivity index (χ1v) is 11.7. The summed E-state index contributed by atoms with van der Waals surface area (Å²) in [7, 11) is 0. The molecule has 2 aromatic carbocycles. The quantitative estimate of drug-likeness (QED) is 0.411. The Labute approximate surface area is 180 Å². The van der Waals surface area contributed by atoms with Crippen LogP contribution in [-0.4, -0.2) is 31.1 Å². The van der Waals surface area contributed by atoms with Crippen molar-refractivity contribution in [2.75, 3.05) is 26.2 Å². The standard InChI is InChI=1S/C27H33N2O/c1-21-8-5-9-22(18-21)26-20-29-16-6-10-27(29)25-19-23(11-12-24(25)26)30-17-7-15-28-13-3-2-4-14-28/h5,8-9,11-12,18-20H,2-4,6-7,10,13-17H2,1H3/q+1. The Morgan fingerprint density at radius 3 is 2.73 bits per heavy atom. The summed E-state index contributed by atoms with van der Waals surface area (Å²) < 4.78 is 8.65. The Balaban J connectivity index is 1.38. The van der Waals surface area contributed by atoms with Crippen LogP contribution in [0.1, 0.15) is 43.4 Å². The predicted octanol–water partition coefficient (Wildman–Crippen LogP) is 5.30. The van der Waals surface area contributed by atoms with E-state index in [9.17, 15) is 0 Å². The van der Waals surface area contributed by atoms with Crippen molar-refractivity contribution in [1.29, 1.82) is 0 Å². The van der Waals surface area contributed by atoms with Crippen LogP contribution < -0.4 is 9.30 Å². The Morgan fingerprint density at radius 1 is 0.967 bits per heavy atom. The van der Waals surface area contributed by atoms with Crippen LogP contribution in [0.3, 0.4) is 0 Å². The molecule has 0 radical (unpaired) electrons. The number of aryl methyl sites for hydroxylation is 3. The van der Waals surface area contributed by atoms with Crippen molar-refractivity contribution in [3.63, 3.8) is 0 Å². The van der Waals surface area contributed by atoms with Crippen molar-refractivity contribution in [3.8, 4) is 16.9 Å². The summed E-state index contributed by atoms with van der Waals surface area (Å²) in [5.74, 6) is 1.01. The average molecular weight is 402 g/mol. The molecule has 3 heterocycles. The molecule has 2 aliphatic heterocycles. The Bertz CT molecular complexity index is 1040. The van der Waals surface area contributed by atoms with Crippen molar-refractivity contribution in [1.82, 2.24) is 4.90 Å². The van der Waals surface area contributed by atoms with E-state index in [4.69, 9.17) is 4.74 Å². The second-order valence-electron chi connectivity index (χ2n) is 8.97. The second-order valence-corrected chi connectivity index (χ2v) is 8.97. The van der Waals surface area contributed by atoms with Crippen LogP contribution in [-0.2, 0) is 13.0 Å². The highest BCUT2D eigenvalue weighted by molar-refractivity contribution is 5.97. The molecule has 1 saturated heterocycles. The molecule has 0 aliphatic carbocycles. The van der Waals surface area contributed by atoms with Gasteiger partial charge in [-0.15, -0.1) is 0 Å². The average Bonchev–Trinajstić information content (AvgIpc) is 3.26. The van der Waals surface area contributed by atoms with Gasteiger partial charge in [-0.05, 0) is 63.0 Å². The molecule has 0 spiro atoms. The van der Waals surface area contributed by atoms with E-state index in [2.05, 4.69) is 65.1 Å². The van der Waals surface area contributed by atoms with E-state index in [1.54, 1.807) is 0 Å². The van der Waals surface area contributed by atoms with Crippen LogP contribution >= 0.6 is 0 Å². The molecule has 156 valence electrons. The first kappa shape index (κ1) is 19.6. The summed E-state index contributed by atoms with van der Waals surface area (Å²) in [6.45, 7) is 7.78. The number of rotatable bonds is 6. The molecule has 3 aromatic rings. The van der Waals surface area contributed by atoms with Crippen molar-refractivity contribution >= 4 is 10.8 Å². The highest BCUT2D eigenvalue weighted by atomic mass is 16.5. The lowest BCUT2D eigenvalue weighted by Gasteiger charge is -2.26. The first-order chi connectivity index (χ1) is 14.8. The highest BCUT2D eigenvalue weighted by Gasteiger charge is 2.25. The number of hydrogen-bond donors (Lipinski definition) is 0. The van der Waals surface area contributed by atoms with Crippen molar-refractivity contribution in [2.24, 2.45) is 0 Å². The maximum atomic E-state index is 6.19. The Kier molecular flexibility index (Phi) is 5.72. The summed E-state index contributed by atoms with van der Waals surface area (Å²) in [4.78, 5) is 2.59. The molecule has 0 amide bonds. The maximum Gasteiger partial charge on any atom is 0.189 e. The number of nitrogens with zero attached hydrogens (tertiary/aromatic N) is 2. The lowest BCUT2D eigenvalue weighted by molar-refractivity contribution is -0.688. The van der Waals surface area contributed by atoms with Gasteiger partial charge >= 0.3 is 0 Å². The largest absolute Gasteiger partial charge is 0.494 e. The van der Waals surface area contributed by atoms with E-state index in [1.807, 2.05) is 0 Å². The van der Waals surface area contributed by atoms with Gasteiger partial charge in [0.2, 0.25) is 0 Å². The molecule has 0 atom stereocenters. The van der Waals surface area contributed by atoms with E-state index in [0.717, 1.165) is 38.3 Å². The van der Waals surface area contributed by atoms with Crippen molar-refractivity contribution in [2.45, 2.75) is 52.0 Å². The van der Waals surface area contributed by atoms with Gasteiger partial charge in [0.1, 0.15) is 12.3 Å². The summed E-state index contributed by atoms with van der Waals surface area (Å²) in [6.07, 6.45) is 9.97. The molecule has 30 heavy (non-hydrogen) atoms. The van der Waals surface area contributed by atoms with E-state index in [-0.39, 0.29) is 0 Å². The topological polar surface area (TPSA) is 16.4 Å². The van der Waals surface area contributed by atoms with Gasteiger partial charge in [-0.1, -0.05) is 36.2 Å². The van der Waals surface area contributed by atoms with Crippen LogP contribution in [0.2, 0.25) is 0 Å². The van der Waals surface area contributed by atoms with Gasteiger partial charge in [-0.3, -0.25) is 0 Å². The molecule has 0 unspecified atom stereocenters. The molecule has 1 aromatic heterocycles. The number of likely N-dealkylation sites (tertiary alicyclic amines) is 1. The van der Waals surface area contributed by atoms with Crippen LogP contribution in [0.4, 0.5) is 0 Å². The maximum absolute atomic E-state index is 6.19. The summed E-state index contributed by atoms with van der Waals surface area (Å²) >= 11 is 0. The molecular weight excluding hydrogens is 368 g/mol. The lowest BCUT2D eigenvalue weighted by Crippen LogP contribution is -2.33. The molecular formula is C27H33N2O+. The van der Waals surface area contributed by atoms with Gasteiger partial charge in [0, 0.05) is 24.8 Å². The van der Waals surface area contributed by atoms with Gasteiger partial charge in [0.15, 0.2) is 11.9 Å². The fraction of sp³-hybridized carbons (Fsp3) is 0.444. The minimum atomic E-state index is 0.801. The third-order valence-electron chi connectivity index (χ3n) is 6.70. The van der Waals surface area contributed by atoms with Gasteiger partial charge in [0.25, 0.3) is 0 Å². The zero-order valence-electron chi connectivity index (χ0n) is 18.2. The van der Waals surface area contributed by atoms with Crippen LogP contribution in [0.15, 0.2) is 48.7 Å². The fourth-order valence-electron chi connectivity index (χ4n) is 5.14. The third-order valence-corrected chi connectivity index (χ3v) is 6.70. The van der Waals surface area contributed by atoms with E-state index in [0.29, 0.717) is 0 Å². The number of pyridine rings is 1. The molecule has 0 N–H and O–H groups in total. The number of ether oxygens (including phenoxy) is 1. The minimum absolute atomic E-state index is 0.801. The van der Waals surface area contributed by atoms with Gasteiger partial charge in [-0.2, -0.15) is 0 Å². The third kappa shape index (κ3) is 4.09. The zero-order chi connectivity index (χ0) is 20.3. The van der Waals surface area contributed by atoms with Gasteiger partial charge < -0.3 is 9.64 Å². The smallest absolute Gasteiger partial charge is 0.189 e. The normalized spacial score (nSPS) is 16.7. The molecule has 3 nitrogen and oxygen atoms in total. The Hall–Kier alpha value is -2.39. The van der Waals surface area contributed by atoms with Crippen molar-refractivity contribution in [3.05, 3.63) is 59.9 Å². The SMILES string of the molecule is Cc1cccc(-c2c[n+]3c(c4cc(OCCCN5CCCCC5)ccc24)CCC3)c1. The molecule has 0 bridgehead atoms. The number of hydrogen-bond acceptors (Lipinski definition) is 2. The molecule has 0 saturated carbocycles. The summed E-state index contributed by atoms with van der Waals surface area (Å²) in [6, 6.07) is 15.6. The van der Waals surface area contributed by atoms with E-state index in [1.165, 1.54) is 71.9 Å². The van der Waals surface area contributed by atoms with E-state index >= 15 is 0 Å². The predicted molar refractivity (Wildman–Crippen MR) is 123 cm³/mol. The number of benzene rings is 2. The lowest BCUT2D eigenvalue weighted by atomic mass is 9.97. The fourth-order valence-corrected chi connectivity index (χ4v) is 5.14. The Morgan fingerprint density at radius 2 is 1.87 bits per heavy atom. The zero-order valence-corrected chi connectivity index (χ0v) is 18.2. The van der Waals surface area contributed by atoms with Crippen LogP contribution in [0, 0.1) is 6.92 Å². The molecule has 5 rings (SSSR count). The van der Waals surface area contributed by atoms with Crippen molar-refractivity contribution < 1.29 is 9.30 Å². The monoisotopic (exact) mass is 401 g/mol. The molecule has 1 fully saturated rings. The van der Waals surface area contributed by atoms with Crippen LogP contribution in [0.5, 0.6) is 5.75 Å². The number of fused-ring (bicyclic) bond motifs is 3. The van der Waals surface area contributed by atoms with Gasteiger partial charge in [-0.25, -0.2) is 4.57 Å². The van der Waals surface area contributed by atoms with E-state index < -0.39 is 0 Å². The summed E-state index contributed by atoms with van der Waals surface area (Å²) in [5, 5.41) is 2.70. The highest BCUT2D eigenvalue weighted by Crippen LogP contribution is 2.33.